The van der Waals surface area contributed by atoms with E-state index in [1.54, 1.807) is 0 Å². The molecule has 0 aliphatic carbocycles. The number of ether oxygens (including phenoxy) is 2. The van der Waals surface area contributed by atoms with Crippen LogP contribution in [0.15, 0.2) is 0 Å². The maximum absolute atomic E-state index is 11.6. The Kier molecular flexibility index (Phi) is 17.1. The van der Waals surface area contributed by atoms with Gasteiger partial charge in [0.15, 0.2) is 0 Å². The Bertz CT molecular complexity index is 308. The molecule has 0 aliphatic heterocycles. The van der Waals surface area contributed by atoms with Crippen molar-refractivity contribution < 1.29 is 19.1 Å². The Morgan fingerprint density at radius 3 is 2.00 bits per heavy atom. The molecule has 0 heterocycles. The standard InChI is InChI=1S/C19H37NO4/c1-3-4-5-6-7-8-9-10-14-17-24-18(21)15-12-11-13-16-20-19(22)23-2/h3-17H2,1-2H3,(H,20,22). The van der Waals surface area contributed by atoms with Gasteiger partial charge < -0.3 is 14.8 Å². The van der Waals surface area contributed by atoms with E-state index < -0.39 is 6.09 Å². The van der Waals surface area contributed by atoms with E-state index in [9.17, 15) is 9.59 Å². The van der Waals surface area contributed by atoms with Gasteiger partial charge in [-0.3, -0.25) is 4.79 Å². The highest BCUT2D eigenvalue weighted by Gasteiger charge is 2.03. The highest BCUT2D eigenvalue weighted by Crippen LogP contribution is 2.09. The van der Waals surface area contributed by atoms with Crippen molar-refractivity contribution in [3.63, 3.8) is 0 Å². The Balaban J connectivity index is 3.20. The average Bonchev–Trinajstić information content (AvgIpc) is 2.59. The molecule has 5 heteroatoms. The second-order valence-electron chi connectivity index (χ2n) is 6.28. The summed E-state index contributed by atoms with van der Waals surface area (Å²) in [5.74, 6) is -0.101. The molecular formula is C19H37NO4. The number of esters is 1. The first kappa shape index (κ1) is 22.7. The van der Waals surface area contributed by atoms with Gasteiger partial charge in [-0.2, -0.15) is 0 Å². The lowest BCUT2D eigenvalue weighted by Gasteiger charge is -2.06. The number of hydrogen-bond donors (Lipinski definition) is 1. The largest absolute Gasteiger partial charge is 0.466 e. The molecule has 1 N–H and O–H groups in total. The summed E-state index contributed by atoms with van der Waals surface area (Å²) in [6.45, 7) is 3.38. The summed E-state index contributed by atoms with van der Waals surface area (Å²) in [6, 6.07) is 0. The van der Waals surface area contributed by atoms with E-state index in [1.165, 1.54) is 52.1 Å². The predicted molar refractivity (Wildman–Crippen MR) is 97.1 cm³/mol. The quantitative estimate of drug-likeness (QED) is 0.317. The number of methoxy groups -OCH3 is 1. The minimum absolute atomic E-state index is 0.101. The van der Waals surface area contributed by atoms with E-state index in [4.69, 9.17) is 4.74 Å². The lowest BCUT2D eigenvalue weighted by atomic mass is 10.1. The molecule has 0 atom stereocenters. The zero-order valence-corrected chi connectivity index (χ0v) is 15.7. The average molecular weight is 344 g/mol. The van der Waals surface area contributed by atoms with Crippen LogP contribution in [0.4, 0.5) is 4.79 Å². The molecule has 0 rings (SSSR count). The van der Waals surface area contributed by atoms with Gasteiger partial charge in [0.25, 0.3) is 0 Å². The van der Waals surface area contributed by atoms with E-state index in [-0.39, 0.29) is 5.97 Å². The van der Waals surface area contributed by atoms with Crippen LogP contribution in [0.2, 0.25) is 0 Å². The molecule has 5 nitrogen and oxygen atoms in total. The summed E-state index contributed by atoms with van der Waals surface area (Å²) in [5, 5.41) is 2.62. The SMILES string of the molecule is CCCCCCCCCCCOC(=O)CCCCCNC(=O)OC. The van der Waals surface area contributed by atoms with Crippen molar-refractivity contribution in [1.82, 2.24) is 5.32 Å². The second kappa shape index (κ2) is 18.1. The van der Waals surface area contributed by atoms with Gasteiger partial charge in [-0.1, -0.05) is 64.7 Å². The Hall–Kier alpha value is -1.26. The lowest BCUT2D eigenvalue weighted by Crippen LogP contribution is -2.23. The van der Waals surface area contributed by atoms with Gasteiger partial charge in [0.1, 0.15) is 0 Å². The summed E-state index contributed by atoms with van der Waals surface area (Å²) >= 11 is 0. The number of carbonyl (C=O) groups excluding carboxylic acids is 2. The fraction of sp³-hybridized carbons (Fsp3) is 0.895. The van der Waals surface area contributed by atoms with Crippen molar-refractivity contribution >= 4 is 12.1 Å². The molecule has 0 radical (unpaired) electrons. The third-order valence-corrected chi connectivity index (χ3v) is 4.02. The number of hydrogen-bond acceptors (Lipinski definition) is 4. The summed E-state index contributed by atoms with van der Waals surface area (Å²) < 4.78 is 9.71. The minimum Gasteiger partial charge on any atom is -0.466 e. The van der Waals surface area contributed by atoms with Crippen LogP contribution in [0.3, 0.4) is 0 Å². The van der Waals surface area contributed by atoms with Gasteiger partial charge in [0.05, 0.1) is 13.7 Å². The highest BCUT2D eigenvalue weighted by atomic mass is 16.5. The van der Waals surface area contributed by atoms with Crippen LogP contribution in [0.25, 0.3) is 0 Å². The molecule has 0 unspecified atom stereocenters. The van der Waals surface area contributed by atoms with Crippen LogP contribution in [0.1, 0.15) is 90.4 Å². The van der Waals surface area contributed by atoms with Gasteiger partial charge in [-0.05, 0) is 19.3 Å². The smallest absolute Gasteiger partial charge is 0.406 e. The second-order valence-corrected chi connectivity index (χ2v) is 6.28. The van der Waals surface area contributed by atoms with Crippen molar-refractivity contribution in [2.24, 2.45) is 0 Å². The van der Waals surface area contributed by atoms with Gasteiger partial charge in [-0.15, -0.1) is 0 Å². The normalized spacial score (nSPS) is 10.4. The van der Waals surface area contributed by atoms with E-state index in [0.717, 1.165) is 32.1 Å². The molecule has 0 bridgehead atoms. The Morgan fingerprint density at radius 2 is 1.38 bits per heavy atom. The first-order valence-corrected chi connectivity index (χ1v) is 9.68. The number of nitrogens with one attached hydrogen (secondary N) is 1. The van der Waals surface area contributed by atoms with Crippen molar-refractivity contribution in [1.29, 1.82) is 0 Å². The maximum atomic E-state index is 11.6. The maximum Gasteiger partial charge on any atom is 0.406 e. The van der Waals surface area contributed by atoms with E-state index in [2.05, 4.69) is 17.0 Å². The third-order valence-electron chi connectivity index (χ3n) is 4.02. The molecule has 24 heavy (non-hydrogen) atoms. The number of alkyl carbamates (subject to hydrolysis) is 1. The zero-order valence-electron chi connectivity index (χ0n) is 15.7. The molecule has 0 spiro atoms. The Labute approximate surface area is 147 Å². The van der Waals surface area contributed by atoms with Crippen LogP contribution < -0.4 is 5.32 Å². The minimum atomic E-state index is -0.407. The fourth-order valence-electron chi connectivity index (χ4n) is 2.50. The molecule has 0 aromatic rings. The summed E-state index contributed by atoms with van der Waals surface area (Å²) in [5.41, 5.74) is 0. The van der Waals surface area contributed by atoms with Gasteiger partial charge in [0.2, 0.25) is 0 Å². The number of unbranched alkanes of at least 4 members (excludes halogenated alkanes) is 10. The summed E-state index contributed by atoms with van der Waals surface area (Å²) in [6.07, 6.45) is 14.0. The zero-order chi connectivity index (χ0) is 17.9. The topological polar surface area (TPSA) is 64.6 Å². The van der Waals surface area contributed by atoms with Crippen molar-refractivity contribution in [3.05, 3.63) is 0 Å². The fourth-order valence-corrected chi connectivity index (χ4v) is 2.50. The molecule has 0 saturated heterocycles. The molecule has 1 amide bonds. The van der Waals surface area contributed by atoms with Gasteiger partial charge >= 0.3 is 12.1 Å². The monoisotopic (exact) mass is 343 g/mol. The van der Waals surface area contributed by atoms with E-state index in [1.807, 2.05) is 0 Å². The van der Waals surface area contributed by atoms with Crippen LogP contribution in [0.5, 0.6) is 0 Å². The van der Waals surface area contributed by atoms with E-state index >= 15 is 0 Å². The van der Waals surface area contributed by atoms with Crippen LogP contribution >= 0.6 is 0 Å². The molecule has 0 aromatic carbocycles. The predicted octanol–water partition coefficient (Wildman–Crippen LogP) is 4.98. The third kappa shape index (κ3) is 17.1. The van der Waals surface area contributed by atoms with Crippen molar-refractivity contribution in [2.75, 3.05) is 20.3 Å². The van der Waals surface area contributed by atoms with Crippen LogP contribution in [-0.4, -0.2) is 32.3 Å². The number of amides is 1. The van der Waals surface area contributed by atoms with Crippen LogP contribution in [-0.2, 0) is 14.3 Å². The highest BCUT2D eigenvalue weighted by molar-refractivity contribution is 5.69. The van der Waals surface area contributed by atoms with E-state index in [0.29, 0.717) is 19.6 Å². The van der Waals surface area contributed by atoms with Crippen molar-refractivity contribution in [3.8, 4) is 0 Å². The number of rotatable bonds is 16. The first-order valence-electron chi connectivity index (χ1n) is 9.68. The molecule has 0 aromatic heterocycles. The van der Waals surface area contributed by atoms with Crippen LogP contribution in [0, 0.1) is 0 Å². The number of carbonyl (C=O) groups is 2. The molecule has 0 aliphatic rings. The lowest BCUT2D eigenvalue weighted by molar-refractivity contribution is -0.143. The van der Waals surface area contributed by atoms with Gasteiger partial charge in [0, 0.05) is 13.0 Å². The summed E-state index contributed by atoms with van der Waals surface area (Å²) in [4.78, 5) is 22.4. The molecule has 0 fully saturated rings. The summed E-state index contributed by atoms with van der Waals surface area (Å²) in [7, 11) is 1.35. The molecule has 0 saturated carbocycles. The molecule has 142 valence electrons. The van der Waals surface area contributed by atoms with Gasteiger partial charge in [-0.25, -0.2) is 4.79 Å². The van der Waals surface area contributed by atoms with Crippen molar-refractivity contribution in [2.45, 2.75) is 90.4 Å². The molecular weight excluding hydrogens is 306 g/mol. The first-order chi connectivity index (χ1) is 11.7. The Morgan fingerprint density at radius 1 is 0.792 bits per heavy atom.